The van der Waals surface area contributed by atoms with Crippen molar-refractivity contribution in [1.82, 2.24) is 0 Å². The predicted molar refractivity (Wildman–Crippen MR) is 153 cm³/mol. The molecule has 6 nitrogen and oxygen atoms in total. The highest BCUT2D eigenvalue weighted by Crippen LogP contribution is 2.43. The van der Waals surface area contributed by atoms with Crippen molar-refractivity contribution in [2.75, 3.05) is 26.4 Å². The Morgan fingerprint density at radius 2 is 1.16 bits per heavy atom. The number of aliphatic hydroxyl groups excluding tert-OH is 3. The van der Waals surface area contributed by atoms with Gasteiger partial charge in [0.1, 0.15) is 25.6 Å². The van der Waals surface area contributed by atoms with Gasteiger partial charge in [-0.2, -0.15) is 0 Å². The quantitative estimate of drug-likeness (QED) is 0.292. The van der Waals surface area contributed by atoms with Gasteiger partial charge in [0.05, 0.1) is 18.8 Å². The second-order valence-electron chi connectivity index (χ2n) is 12.4. The Bertz CT molecular complexity index is 1010. The van der Waals surface area contributed by atoms with Crippen molar-refractivity contribution in [2.45, 2.75) is 92.8 Å². The van der Waals surface area contributed by atoms with Crippen LogP contribution in [0.4, 0.5) is 0 Å². The Labute approximate surface area is 230 Å². The van der Waals surface area contributed by atoms with E-state index in [4.69, 9.17) is 19.3 Å². The molecule has 0 saturated heterocycles. The van der Waals surface area contributed by atoms with Crippen molar-refractivity contribution in [2.24, 2.45) is 10.8 Å². The number of aryl methyl sites for hydroxylation is 1. The first-order chi connectivity index (χ1) is 17.7. The van der Waals surface area contributed by atoms with Crippen LogP contribution >= 0.6 is 0 Å². The fourth-order valence-electron chi connectivity index (χ4n) is 4.37. The van der Waals surface area contributed by atoms with E-state index < -0.39 is 12.2 Å². The first kappa shape index (κ1) is 31.9. The van der Waals surface area contributed by atoms with Crippen LogP contribution in [0.1, 0.15) is 84.9 Å². The molecule has 2 unspecified atom stereocenters. The third kappa shape index (κ3) is 7.87. The van der Waals surface area contributed by atoms with Crippen LogP contribution in [0.25, 0.3) is 0 Å². The van der Waals surface area contributed by atoms with E-state index in [0.29, 0.717) is 11.5 Å². The summed E-state index contributed by atoms with van der Waals surface area (Å²) in [4.78, 5) is 0. The van der Waals surface area contributed by atoms with Crippen molar-refractivity contribution >= 4 is 0 Å². The van der Waals surface area contributed by atoms with Gasteiger partial charge in [0, 0.05) is 5.41 Å². The van der Waals surface area contributed by atoms with E-state index in [1.54, 1.807) is 0 Å². The van der Waals surface area contributed by atoms with E-state index in [1.807, 2.05) is 66.7 Å². The summed E-state index contributed by atoms with van der Waals surface area (Å²) in [7, 11) is 0. The molecule has 3 N–H and O–H groups in total. The monoisotopic (exact) mass is 530 g/mol. The average Bonchev–Trinajstić information content (AvgIpc) is 2.85. The summed E-state index contributed by atoms with van der Waals surface area (Å²) in [5.74, 6) is 1.87. The smallest absolute Gasteiger partial charge is 0.161 e. The van der Waals surface area contributed by atoms with E-state index in [2.05, 4.69) is 32.0 Å². The van der Waals surface area contributed by atoms with E-state index >= 15 is 0 Å². The van der Waals surface area contributed by atoms with Crippen molar-refractivity contribution in [3.8, 4) is 17.2 Å². The summed E-state index contributed by atoms with van der Waals surface area (Å²) >= 11 is 0. The minimum Gasteiger partial charge on any atom is -0.491 e. The summed E-state index contributed by atoms with van der Waals surface area (Å²) in [5.41, 5.74) is 2.37. The number of aliphatic hydroxyl groups is 3. The Kier molecular flexibility index (Phi) is 11.1. The van der Waals surface area contributed by atoms with Gasteiger partial charge in [-0.25, -0.2) is 0 Å². The largest absolute Gasteiger partial charge is 0.491 e. The molecule has 0 aliphatic carbocycles. The standard InChI is InChI=1S/C32H50O6/c1-10-32(11-2,23-12-14-25(22(3)18-23)36-17-16-33)24-13-15-26(37-20-28(34)30(4,5)6)27(19-24)38-21-29(35)31(7,8)9/h12-15,18-19,28-29,33-35H,10-11,16-17,20-21H2,1-9H3. The van der Waals surface area contributed by atoms with Gasteiger partial charge in [-0.05, 0) is 65.5 Å². The van der Waals surface area contributed by atoms with Crippen LogP contribution in [0.2, 0.25) is 0 Å². The average molecular weight is 531 g/mol. The normalized spacial score (nSPS) is 14.2. The third-order valence-corrected chi connectivity index (χ3v) is 7.57. The molecule has 0 amide bonds. The highest BCUT2D eigenvalue weighted by atomic mass is 16.5. The maximum Gasteiger partial charge on any atom is 0.161 e. The Balaban J connectivity index is 2.51. The lowest BCUT2D eigenvalue weighted by molar-refractivity contribution is 0.0136. The fraction of sp³-hybridized carbons (Fsp3) is 0.625. The molecule has 0 bridgehead atoms. The minimum absolute atomic E-state index is 0.0249. The van der Waals surface area contributed by atoms with E-state index in [9.17, 15) is 10.2 Å². The highest BCUT2D eigenvalue weighted by Gasteiger charge is 2.33. The molecule has 2 rings (SSSR count). The fourth-order valence-corrected chi connectivity index (χ4v) is 4.37. The molecule has 38 heavy (non-hydrogen) atoms. The number of ether oxygens (including phenoxy) is 3. The van der Waals surface area contributed by atoms with Gasteiger partial charge in [-0.1, -0.05) is 73.6 Å². The third-order valence-electron chi connectivity index (χ3n) is 7.57. The van der Waals surface area contributed by atoms with Crippen LogP contribution in [0.3, 0.4) is 0 Å². The molecular formula is C32H50O6. The zero-order chi connectivity index (χ0) is 28.7. The van der Waals surface area contributed by atoms with E-state index in [0.717, 1.165) is 29.7 Å². The molecule has 0 aliphatic heterocycles. The van der Waals surface area contributed by atoms with Gasteiger partial charge < -0.3 is 29.5 Å². The lowest BCUT2D eigenvalue weighted by Crippen LogP contribution is -2.33. The van der Waals surface area contributed by atoms with Crippen molar-refractivity contribution in [3.63, 3.8) is 0 Å². The molecule has 0 fully saturated rings. The van der Waals surface area contributed by atoms with Gasteiger partial charge >= 0.3 is 0 Å². The van der Waals surface area contributed by atoms with Gasteiger partial charge in [-0.3, -0.25) is 0 Å². The summed E-state index contributed by atoms with van der Waals surface area (Å²) in [6.07, 6.45) is 0.435. The Morgan fingerprint density at radius 3 is 1.61 bits per heavy atom. The van der Waals surface area contributed by atoms with Crippen LogP contribution < -0.4 is 14.2 Å². The molecule has 0 spiro atoms. The molecular weight excluding hydrogens is 480 g/mol. The summed E-state index contributed by atoms with van der Waals surface area (Å²) in [5, 5.41) is 30.3. The van der Waals surface area contributed by atoms with Crippen LogP contribution in [0.5, 0.6) is 17.2 Å². The number of rotatable bonds is 13. The second-order valence-corrected chi connectivity index (χ2v) is 12.4. The minimum atomic E-state index is -0.657. The summed E-state index contributed by atoms with van der Waals surface area (Å²) < 4.78 is 17.9. The SMILES string of the molecule is CCC(CC)(c1ccc(OCCO)c(C)c1)c1ccc(OCC(O)C(C)(C)C)c(OCC(O)C(C)(C)C)c1. The summed E-state index contributed by atoms with van der Waals surface area (Å²) in [6.45, 7) is 18.7. The zero-order valence-corrected chi connectivity index (χ0v) is 24.9. The topological polar surface area (TPSA) is 88.4 Å². The van der Waals surface area contributed by atoms with Gasteiger partial charge in [0.2, 0.25) is 0 Å². The van der Waals surface area contributed by atoms with Crippen LogP contribution in [0, 0.1) is 17.8 Å². The van der Waals surface area contributed by atoms with Crippen molar-refractivity contribution in [3.05, 3.63) is 53.1 Å². The van der Waals surface area contributed by atoms with Gasteiger partial charge in [0.15, 0.2) is 11.5 Å². The molecule has 0 radical (unpaired) electrons. The predicted octanol–water partition coefficient (Wildman–Crippen LogP) is 6.04. The number of hydrogen-bond donors (Lipinski definition) is 3. The molecule has 2 atom stereocenters. The Hall–Kier alpha value is -2.28. The maximum atomic E-state index is 10.6. The first-order valence-corrected chi connectivity index (χ1v) is 13.8. The van der Waals surface area contributed by atoms with Crippen molar-refractivity contribution < 1.29 is 29.5 Å². The van der Waals surface area contributed by atoms with Crippen molar-refractivity contribution in [1.29, 1.82) is 0 Å². The highest BCUT2D eigenvalue weighted by molar-refractivity contribution is 5.50. The van der Waals surface area contributed by atoms with E-state index in [-0.39, 0.29) is 42.7 Å². The molecule has 6 heteroatoms. The van der Waals surface area contributed by atoms with Crippen LogP contribution in [-0.2, 0) is 5.41 Å². The Morgan fingerprint density at radius 1 is 0.684 bits per heavy atom. The molecule has 0 saturated carbocycles. The first-order valence-electron chi connectivity index (χ1n) is 13.8. The molecule has 214 valence electrons. The molecule has 2 aromatic carbocycles. The van der Waals surface area contributed by atoms with Gasteiger partial charge in [0.25, 0.3) is 0 Å². The van der Waals surface area contributed by atoms with Crippen LogP contribution in [-0.4, -0.2) is 54.0 Å². The van der Waals surface area contributed by atoms with Crippen LogP contribution in [0.15, 0.2) is 36.4 Å². The molecule has 0 heterocycles. The molecule has 2 aromatic rings. The number of benzene rings is 2. The number of hydrogen-bond acceptors (Lipinski definition) is 6. The second kappa shape index (κ2) is 13.2. The maximum absolute atomic E-state index is 10.6. The zero-order valence-electron chi connectivity index (χ0n) is 24.9. The summed E-state index contributed by atoms with van der Waals surface area (Å²) in [6, 6.07) is 12.2. The molecule has 0 aromatic heterocycles. The lowest BCUT2D eigenvalue weighted by atomic mass is 9.70. The van der Waals surface area contributed by atoms with E-state index in [1.165, 1.54) is 5.56 Å². The lowest BCUT2D eigenvalue weighted by Gasteiger charge is -2.34. The van der Waals surface area contributed by atoms with Gasteiger partial charge in [-0.15, -0.1) is 0 Å². The molecule has 0 aliphatic rings.